The van der Waals surface area contributed by atoms with E-state index in [0.29, 0.717) is 5.92 Å². The van der Waals surface area contributed by atoms with Crippen LogP contribution in [0, 0.1) is 5.92 Å². The average molecular weight is 432 g/mol. The molecule has 0 aliphatic heterocycles. The first-order chi connectivity index (χ1) is 16.1. The van der Waals surface area contributed by atoms with Gasteiger partial charge in [-0.15, -0.1) is 0 Å². The van der Waals surface area contributed by atoms with Gasteiger partial charge in [-0.2, -0.15) is 0 Å². The Balaban J connectivity index is 1.72. The van der Waals surface area contributed by atoms with Crippen LogP contribution in [0.5, 0.6) is 0 Å². The third-order valence-electron chi connectivity index (χ3n) is 6.63. The number of ketones is 1. The molecule has 1 aliphatic carbocycles. The minimum Gasteiger partial charge on any atom is -0.292 e. The summed E-state index contributed by atoms with van der Waals surface area (Å²) < 4.78 is 0. The summed E-state index contributed by atoms with van der Waals surface area (Å²) in [5.41, 5.74) is 6.15. The maximum Gasteiger partial charge on any atom is 0.179 e. The highest BCUT2D eigenvalue weighted by molar-refractivity contribution is 6.00. The van der Waals surface area contributed by atoms with E-state index in [1.54, 1.807) is 0 Å². The fraction of sp³-hybridized carbons (Fsp3) is 0.194. The predicted molar refractivity (Wildman–Crippen MR) is 135 cm³/mol. The van der Waals surface area contributed by atoms with Gasteiger partial charge >= 0.3 is 0 Å². The minimum atomic E-state index is -0.599. The number of benzene rings is 4. The number of hydrogen-bond donors (Lipinski definition) is 1. The van der Waals surface area contributed by atoms with Crippen LogP contribution in [0.4, 0.5) is 0 Å². The van der Waals surface area contributed by atoms with E-state index in [0.717, 1.165) is 17.5 Å². The van der Waals surface area contributed by atoms with Crippen LogP contribution in [0.2, 0.25) is 0 Å². The first-order valence-corrected chi connectivity index (χ1v) is 11.7. The van der Waals surface area contributed by atoms with Crippen molar-refractivity contribution in [3.63, 3.8) is 0 Å². The summed E-state index contributed by atoms with van der Waals surface area (Å²) in [4.78, 5) is 13.8. The second-order valence-corrected chi connectivity index (χ2v) is 9.26. The van der Waals surface area contributed by atoms with Crippen molar-refractivity contribution in [2.75, 3.05) is 0 Å². The third kappa shape index (κ3) is 3.71. The monoisotopic (exact) mass is 431 g/mol. The summed E-state index contributed by atoms with van der Waals surface area (Å²) in [6.45, 7) is 4.36. The van der Waals surface area contributed by atoms with Gasteiger partial charge in [0.15, 0.2) is 5.78 Å². The van der Waals surface area contributed by atoms with Crippen LogP contribution in [-0.4, -0.2) is 11.8 Å². The normalized spacial score (nSPS) is 14.5. The second-order valence-electron chi connectivity index (χ2n) is 9.26. The van der Waals surface area contributed by atoms with E-state index in [9.17, 15) is 4.79 Å². The molecule has 2 nitrogen and oxygen atoms in total. The number of rotatable bonds is 7. The topological polar surface area (TPSA) is 29.1 Å². The molecule has 4 aromatic carbocycles. The van der Waals surface area contributed by atoms with E-state index in [1.165, 1.54) is 22.3 Å². The van der Waals surface area contributed by atoms with Crippen molar-refractivity contribution < 1.29 is 4.79 Å². The molecule has 164 valence electrons. The number of hydrogen-bond acceptors (Lipinski definition) is 2. The smallest absolute Gasteiger partial charge is 0.179 e. The van der Waals surface area contributed by atoms with Crippen LogP contribution >= 0.6 is 0 Å². The Morgan fingerprint density at radius 3 is 1.73 bits per heavy atom. The molecule has 1 aliphatic rings. The van der Waals surface area contributed by atoms with Gasteiger partial charge in [-0.3, -0.25) is 10.1 Å². The number of carbonyl (C=O) groups is 1. The largest absolute Gasteiger partial charge is 0.292 e. The highest BCUT2D eigenvalue weighted by Gasteiger charge is 2.46. The van der Waals surface area contributed by atoms with Crippen molar-refractivity contribution in [2.24, 2.45) is 5.92 Å². The first-order valence-electron chi connectivity index (χ1n) is 11.7. The average Bonchev–Trinajstić information content (AvgIpc) is 3.15. The lowest BCUT2D eigenvalue weighted by molar-refractivity contribution is 0.0916. The van der Waals surface area contributed by atoms with Crippen molar-refractivity contribution in [3.8, 4) is 11.1 Å². The van der Waals surface area contributed by atoms with Gasteiger partial charge in [0.2, 0.25) is 0 Å². The zero-order valence-corrected chi connectivity index (χ0v) is 19.2. The van der Waals surface area contributed by atoms with Crippen LogP contribution in [0.15, 0.2) is 109 Å². The van der Waals surface area contributed by atoms with Gasteiger partial charge in [-0.1, -0.05) is 123 Å². The zero-order chi connectivity index (χ0) is 22.8. The Bertz CT molecular complexity index is 1210. The Kier molecular flexibility index (Phi) is 5.70. The molecule has 0 heterocycles. The SMILES string of the molecule is CC(C)C[C@H](NC1(c2ccccc2)c2ccccc2-c2ccccc21)C(=O)c1ccccc1. The second kappa shape index (κ2) is 8.80. The van der Waals surface area contributed by atoms with Gasteiger partial charge in [-0.25, -0.2) is 0 Å². The number of Topliss-reactive ketones (excluding diaryl/α,β-unsaturated/α-hetero) is 1. The van der Waals surface area contributed by atoms with Gasteiger partial charge in [0.05, 0.1) is 11.6 Å². The van der Waals surface area contributed by atoms with Crippen LogP contribution in [-0.2, 0) is 5.54 Å². The standard InChI is InChI=1S/C31H29NO/c1-22(2)21-29(30(33)23-13-5-3-6-14-23)32-31(24-15-7-4-8-16-24)27-19-11-9-17-25(27)26-18-10-12-20-28(26)31/h3-20,22,29,32H,21H2,1-2H3/t29-/m0/s1. The summed E-state index contributed by atoms with van der Waals surface area (Å²) in [6, 6.07) is 37.1. The van der Waals surface area contributed by atoms with Crippen molar-refractivity contribution in [1.82, 2.24) is 5.32 Å². The molecule has 1 N–H and O–H groups in total. The molecule has 0 spiro atoms. The molecular formula is C31H29NO. The van der Waals surface area contributed by atoms with Crippen LogP contribution < -0.4 is 5.32 Å². The maximum atomic E-state index is 13.8. The summed E-state index contributed by atoms with van der Waals surface area (Å²) in [7, 11) is 0. The molecule has 0 saturated carbocycles. The van der Waals surface area contributed by atoms with Crippen LogP contribution in [0.25, 0.3) is 11.1 Å². The fourth-order valence-corrected chi connectivity index (χ4v) is 5.24. The number of carbonyl (C=O) groups excluding carboxylic acids is 1. The number of nitrogens with one attached hydrogen (secondary N) is 1. The third-order valence-corrected chi connectivity index (χ3v) is 6.63. The molecule has 4 aromatic rings. The Morgan fingerprint density at radius 2 is 1.18 bits per heavy atom. The summed E-state index contributed by atoms with van der Waals surface area (Å²) in [6.07, 6.45) is 0.757. The highest BCUT2D eigenvalue weighted by Crippen LogP contribution is 2.51. The Hall–Kier alpha value is -3.49. The lowest BCUT2D eigenvalue weighted by Gasteiger charge is -2.38. The Morgan fingerprint density at radius 1 is 0.697 bits per heavy atom. The van der Waals surface area contributed by atoms with Crippen molar-refractivity contribution in [2.45, 2.75) is 31.8 Å². The van der Waals surface area contributed by atoms with E-state index >= 15 is 0 Å². The molecular weight excluding hydrogens is 402 g/mol. The molecule has 0 unspecified atom stereocenters. The van der Waals surface area contributed by atoms with Crippen LogP contribution in [0.3, 0.4) is 0 Å². The molecule has 0 amide bonds. The summed E-state index contributed by atoms with van der Waals surface area (Å²) in [5, 5.41) is 3.94. The molecule has 1 atom stereocenters. The molecule has 0 radical (unpaired) electrons. The maximum absolute atomic E-state index is 13.8. The molecule has 0 aromatic heterocycles. The van der Waals surface area contributed by atoms with Gasteiger partial charge in [0.25, 0.3) is 0 Å². The van der Waals surface area contributed by atoms with E-state index in [2.05, 4.69) is 92.0 Å². The molecule has 33 heavy (non-hydrogen) atoms. The van der Waals surface area contributed by atoms with Gasteiger partial charge < -0.3 is 0 Å². The van der Waals surface area contributed by atoms with E-state index in [1.807, 2.05) is 36.4 Å². The fourth-order valence-electron chi connectivity index (χ4n) is 5.24. The highest BCUT2D eigenvalue weighted by atomic mass is 16.1. The summed E-state index contributed by atoms with van der Waals surface area (Å²) in [5.74, 6) is 0.511. The minimum absolute atomic E-state index is 0.140. The molecule has 5 rings (SSSR count). The molecule has 0 saturated heterocycles. The van der Waals surface area contributed by atoms with E-state index in [4.69, 9.17) is 0 Å². The van der Waals surface area contributed by atoms with Crippen molar-refractivity contribution >= 4 is 5.78 Å². The van der Waals surface area contributed by atoms with Crippen molar-refractivity contribution in [3.05, 3.63) is 131 Å². The number of fused-ring (bicyclic) bond motifs is 3. The zero-order valence-electron chi connectivity index (χ0n) is 19.2. The van der Waals surface area contributed by atoms with Gasteiger partial charge in [0, 0.05) is 5.56 Å². The molecule has 0 fully saturated rings. The van der Waals surface area contributed by atoms with Gasteiger partial charge in [-0.05, 0) is 40.2 Å². The lowest BCUT2D eigenvalue weighted by Crippen LogP contribution is -2.52. The van der Waals surface area contributed by atoms with Crippen molar-refractivity contribution in [1.29, 1.82) is 0 Å². The predicted octanol–water partition coefficient (Wildman–Crippen LogP) is 6.85. The van der Waals surface area contributed by atoms with E-state index in [-0.39, 0.29) is 11.8 Å². The quantitative estimate of drug-likeness (QED) is 0.324. The summed E-state index contributed by atoms with van der Waals surface area (Å²) >= 11 is 0. The molecule has 2 heteroatoms. The molecule has 0 bridgehead atoms. The lowest BCUT2D eigenvalue weighted by atomic mass is 9.79. The van der Waals surface area contributed by atoms with E-state index < -0.39 is 5.54 Å². The van der Waals surface area contributed by atoms with Gasteiger partial charge in [0.1, 0.15) is 0 Å². The van der Waals surface area contributed by atoms with Crippen LogP contribution in [0.1, 0.15) is 47.3 Å². The first kappa shape index (κ1) is 21.4. The Labute approximate surface area is 196 Å².